The van der Waals surface area contributed by atoms with E-state index in [0.717, 1.165) is 38.5 Å². The first-order valence-corrected chi connectivity index (χ1v) is 11.1. The molecule has 150 valence electrons. The third-order valence-corrected chi connectivity index (χ3v) is 5.93. The Morgan fingerprint density at radius 3 is 1.07 bits per heavy atom. The molecule has 4 aromatic carbocycles. The maximum absolute atomic E-state index is 2.34. The van der Waals surface area contributed by atoms with Crippen LogP contribution >= 0.6 is 0 Å². The molecule has 0 N–H and O–H groups in total. The van der Waals surface area contributed by atoms with Gasteiger partial charge in [-0.3, -0.25) is 0 Å². The Kier molecular flexibility index (Phi) is 7.12. The van der Waals surface area contributed by atoms with E-state index in [-0.39, 0.29) is 0 Å². The summed E-state index contributed by atoms with van der Waals surface area (Å²) in [6.45, 7) is 0. The summed E-state index contributed by atoms with van der Waals surface area (Å²) in [6, 6.07) is 39.5. The van der Waals surface area contributed by atoms with Gasteiger partial charge in [-0.15, -0.1) is 0 Å². The largest absolute Gasteiger partial charge is 0.0622 e. The SMILES string of the molecule is c1ccc(CCc2cccc(CCc3ccccc3)c2CCc2ccccc2)cc1. The molecule has 0 spiro atoms. The zero-order valence-corrected chi connectivity index (χ0v) is 17.6. The quantitative estimate of drug-likeness (QED) is 0.287. The normalized spacial score (nSPS) is 10.8. The summed E-state index contributed by atoms with van der Waals surface area (Å²) in [4.78, 5) is 0. The molecule has 0 fully saturated rings. The molecule has 0 saturated heterocycles. The van der Waals surface area contributed by atoms with Gasteiger partial charge in [0.25, 0.3) is 0 Å². The van der Waals surface area contributed by atoms with Crippen LogP contribution in [0.25, 0.3) is 0 Å². The van der Waals surface area contributed by atoms with Gasteiger partial charge >= 0.3 is 0 Å². The second-order valence-electron chi connectivity index (χ2n) is 8.01. The summed E-state index contributed by atoms with van der Waals surface area (Å²) in [5.41, 5.74) is 8.85. The van der Waals surface area contributed by atoms with Crippen molar-refractivity contribution in [2.45, 2.75) is 38.5 Å². The van der Waals surface area contributed by atoms with E-state index in [1.54, 1.807) is 5.56 Å². The molecule has 0 unspecified atom stereocenters. The highest BCUT2D eigenvalue weighted by molar-refractivity contribution is 5.38. The Balaban J connectivity index is 1.54. The highest BCUT2D eigenvalue weighted by Gasteiger charge is 2.10. The van der Waals surface area contributed by atoms with E-state index >= 15 is 0 Å². The topological polar surface area (TPSA) is 0 Å². The van der Waals surface area contributed by atoms with E-state index in [1.165, 1.54) is 27.8 Å². The van der Waals surface area contributed by atoms with E-state index < -0.39 is 0 Å². The van der Waals surface area contributed by atoms with Crippen LogP contribution in [0.15, 0.2) is 109 Å². The van der Waals surface area contributed by atoms with Crippen molar-refractivity contribution in [1.29, 1.82) is 0 Å². The zero-order valence-electron chi connectivity index (χ0n) is 17.6. The summed E-state index contributed by atoms with van der Waals surface area (Å²) in [5.74, 6) is 0. The average molecular weight is 391 g/mol. The van der Waals surface area contributed by atoms with Gasteiger partial charge in [0.05, 0.1) is 0 Å². The van der Waals surface area contributed by atoms with Crippen LogP contribution < -0.4 is 0 Å². The fraction of sp³-hybridized carbons (Fsp3) is 0.200. The van der Waals surface area contributed by atoms with E-state index in [0.29, 0.717) is 0 Å². The minimum atomic E-state index is 1.10. The molecule has 30 heavy (non-hydrogen) atoms. The van der Waals surface area contributed by atoms with Crippen LogP contribution in [0.1, 0.15) is 33.4 Å². The number of hydrogen-bond donors (Lipinski definition) is 0. The Hall–Kier alpha value is -3.12. The van der Waals surface area contributed by atoms with Crippen molar-refractivity contribution in [2.24, 2.45) is 0 Å². The summed E-state index contributed by atoms with van der Waals surface area (Å²) in [6.07, 6.45) is 6.61. The van der Waals surface area contributed by atoms with Crippen LogP contribution in [0.4, 0.5) is 0 Å². The zero-order chi connectivity index (χ0) is 20.4. The van der Waals surface area contributed by atoms with Gasteiger partial charge in [0.2, 0.25) is 0 Å². The van der Waals surface area contributed by atoms with Gasteiger partial charge in [-0.25, -0.2) is 0 Å². The van der Waals surface area contributed by atoms with Gasteiger partial charge in [-0.2, -0.15) is 0 Å². The minimum absolute atomic E-state index is 1.10. The predicted octanol–water partition coefficient (Wildman–Crippen LogP) is 7.04. The molecule has 0 aromatic heterocycles. The number of rotatable bonds is 9. The number of benzene rings is 4. The maximum atomic E-state index is 2.34. The first-order valence-electron chi connectivity index (χ1n) is 11.1. The molecule has 0 heteroatoms. The number of hydrogen-bond acceptors (Lipinski definition) is 0. The maximum Gasteiger partial charge on any atom is -0.0233 e. The van der Waals surface area contributed by atoms with Crippen LogP contribution in [-0.4, -0.2) is 0 Å². The molecule has 0 aliphatic heterocycles. The fourth-order valence-corrected chi connectivity index (χ4v) is 4.24. The smallest absolute Gasteiger partial charge is 0.0233 e. The molecule has 0 saturated carbocycles. The molecule has 0 radical (unpaired) electrons. The van der Waals surface area contributed by atoms with Crippen molar-refractivity contribution >= 4 is 0 Å². The molecule has 4 rings (SSSR count). The second-order valence-corrected chi connectivity index (χ2v) is 8.01. The highest BCUT2D eigenvalue weighted by Crippen LogP contribution is 2.22. The van der Waals surface area contributed by atoms with Crippen LogP contribution in [0.5, 0.6) is 0 Å². The standard InChI is InChI=1S/C30H30/c1-4-11-25(12-5-1)19-22-28-17-10-18-29(23-20-26-13-6-2-7-14-26)30(28)24-21-27-15-8-3-9-16-27/h1-18H,19-24H2. The van der Waals surface area contributed by atoms with Crippen LogP contribution in [-0.2, 0) is 38.5 Å². The lowest BCUT2D eigenvalue weighted by atomic mass is 9.89. The Bertz CT molecular complexity index is 956. The summed E-state index contributed by atoms with van der Waals surface area (Å²) < 4.78 is 0. The van der Waals surface area contributed by atoms with Crippen molar-refractivity contribution < 1.29 is 0 Å². The summed E-state index contributed by atoms with van der Waals surface area (Å²) >= 11 is 0. The van der Waals surface area contributed by atoms with Gasteiger partial charge < -0.3 is 0 Å². The van der Waals surface area contributed by atoms with Gasteiger partial charge in [0, 0.05) is 0 Å². The molecule has 0 bridgehead atoms. The highest BCUT2D eigenvalue weighted by atomic mass is 14.1. The van der Waals surface area contributed by atoms with Gasteiger partial charge in [0.15, 0.2) is 0 Å². The Labute approximate surface area is 181 Å². The predicted molar refractivity (Wildman–Crippen MR) is 128 cm³/mol. The second kappa shape index (κ2) is 10.6. The Morgan fingerprint density at radius 1 is 0.300 bits per heavy atom. The minimum Gasteiger partial charge on any atom is -0.0622 e. The molecular weight excluding hydrogens is 360 g/mol. The summed E-state index contributed by atoms with van der Waals surface area (Å²) in [7, 11) is 0. The molecule has 0 heterocycles. The molecule has 0 amide bonds. The number of aryl methyl sites for hydroxylation is 5. The molecule has 0 atom stereocenters. The third kappa shape index (κ3) is 5.70. The lowest BCUT2D eigenvalue weighted by Crippen LogP contribution is -2.05. The van der Waals surface area contributed by atoms with Crippen LogP contribution in [0.3, 0.4) is 0 Å². The van der Waals surface area contributed by atoms with E-state index in [9.17, 15) is 0 Å². The first kappa shape index (κ1) is 20.2. The molecule has 0 aliphatic rings. The third-order valence-electron chi connectivity index (χ3n) is 5.93. The van der Waals surface area contributed by atoms with E-state index in [4.69, 9.17) is 0 Å². The van der Waals surface area contributed by atoms with Gasteiger partial charge in [-0.05, 0) is 71.9 Å². The Morgan fingerprint density at radius 2 is 0.667 bits per heavy atom. The van der Waals surface area contributed by atoms with Crippen molar-refractivity contribution in [1.82, 2.24) is 0 Å². The fourth-order valence-electron chi connectivity index (χ4n) is 4.24. The van der Waals surface area contributed by atoms with Crippen molar-refractivity contribution in [3.63, 3.8) is 0 Å². The van der Waals surface area contributed by atoms with Crippen molar-refractivity contribution in [3.8, 4) is 0 Å². The monoisotopic (exact) mass is 390 g/mol. The lowest BCUT2D eigenvalue weighted by molar-refractivity contribution is 0.855. The molecular formula is C30H30. The van der Waals surface area contributed by atoms with E-state index in [1.807, 2.05) is 0 Å². The van der Waals surface area contributed by atoms with Gasteiger partial charge in [-0.1, -0.05) is 109 Å². The molecule has 0 nitrogen and oxygen atoms in total. The van der Waals surface area contributed by atoms with Crippen LogP contribution in [0.2, 0.25) is 0 Å². The lowest BCUT2D eigenvalue weighted by Gasteiger charge is -2.16. The van der Waals surface area contributed by atoms with Crippen LogP contribution in [0, 0.1) is 0 Å². The molecule has 0 aliphatic carbocycles. The summed E-state index contributed by atoms with van der Waals surface area (Å²) in [5, 5.41) is 0. The van der Waals surface area contributed by atoms with Gasteiger partial charge in [0.1, 0.15) is 0 Å². The average Bonchev–Trinajstić information content (AvgIpc) is 2.82. The first-order chi connectivity index (χ1) is 14.9. The van der Waals surface area contributed by atoms with Crippen molar-refractivity contribution in [3.05, 3.63) is 143 Å². The van der Waals surface area contributed by atoms with Crippen molar-refractivity contribution in [2.75, 3.05) is 0 Å². The van der Waals surface area contributed by atoms with E-state index in [2.05, 4.69) is 109 Å². The molecule has 4 aromatic rings.